The normalized spacial score (nSPS) is 10.8. The number of ether oxygens (including phenoxy) is 1. The van der Waals surface area contributed by atoms with Crippen molar-refractivity contribution in [2.75, 3.05) is 0 Å². The van der Waals surface area contributed by atoms with Crippen LogP contribution < -0.4 is 4.74 Å². The third-order valence-electron chi connectivity index (χ3n) is 1.86. The molecule has 1 aromatic rings. The molecule has 0 saturated carbocycles. The first kappa shape index (κ1) is 12.8. The van der Waals surface area contributed by atoms with E-state index >= 15 is 0 Å². The second-order valence-corrected chi connectivity index (χ2v) is 3.13. The molecule has 1 rings (SSSR count). The van der Waals surface area contributed by atoms with Crippen molar-refractivity contribution >= 4 is 5.97 Å². The minimum Gasteiger partial charge on any atom is -0.478 e. The Bertz CT molecular complexity index is 503. The van der Waals surface area contributed by atoms with E-state index in [2.05, 4.69) is 4.74 Å². The quantitative estimate of drug-likeness (QED) is 0.868. The summed E-state index contributed by atoms with van der Waals surface area (Å²) < 4.78 is 39.8. The maximum Gasteiger partial charge on any atom is 0.573 e. The molecule has 0 atom stereocenters. The molecule has 1 aromatic carbocycles. The van der Waals surface area contributed by atoms with Gasteiger partial charge in [-0.3, -0.25) is 0 Å². The molecule has 4 nitrogen and oxygen atoms in total. The maximum atomic E-state index is 12.0. The van der Waals surface area contributed by atoms with Crippen molar-refractivity contribution in [1.82, 2.24) is 0 Å². The minimum atomic E-state index is -4.93. The van der Waals surface area contributed by atoms with Crippen LogP contribution in [-0.4, -0.2) is 17.4 Å². The summed E-state index contributed by atoms with van der Waals surface area (Å²) in [5.41, 5.74) is -0.813. The van der Waals surface area contributed by atoms with Gasteiger partial charge in [0.05, 0.1) is 11.1 Å². The van der Waals surface area contributed by atoms with E-state index in [1.54, 1.807) is 0 Å². The first-order valence-electron chi connectivity index (χ1n) is 4.28. The molecule has 0 aliphatic heterocycles. The van der Waals surface area contributed by atoms with Crippen LogP contribution in [0.2, 0.25) is 0 Å². The SMILES string of the molecule is Cc1cc(C(=O)O)cc(C#N)c1OC(F)(F)F. The molecule has 0 bridgehead atoms. The number of carboxylic acids is 1. The third-order valence-corrected chi connectivity index (χ3v) is 1.86. The fourth-order valence-electron chi connectivity index (χ4n) is 1.23. The molecule has 0 amide bonds. The zero-order chi connectivity index (χ0) is 13.2. The monoisotopic (exact) mass is 245 g/mol. The molecule has 90 valence electrons. The van der Waals surface area contributed by atoms with E-state index < -0.39 is 23.6 Å². The Morgan fingerprint density at radius 3 is 2.47 bits per heavy atom. The highest BCUT2D eigenvalue weighted by molar-refractivity contribution is 5.88. The molecule has 0 aliphatic rings. The minimum absolute atomic E-state index is 0.0706. The van der Waals surface area contributed by atoms with Gasteiger partial charge in [-0.25, -0.2) is 4.79 Å². The molecule has 0 aromatic heterocycles. The lowest BCUT2D eigenvalue weighted by Gasteiger charge is -2.13. The fourth-order valence-corrected chi connectivity index (χ4v) is 1.23. The Morgan fingerprint density at radius 2 is 2.06 bits per heavy atom. The first-order chi connectivity index (χ1) is 7.74. The second-order valence-electron chi connectivity index (χ2n) is 3.13. The van der Waals surface area contributed by atoms with E-state index in [9.17, 15) is 18.0 Å². The molecule has 0 fully saturated rings. The highest BCUT2D eigenvalue weighted by Crippen LogP contribution is 2.30. The van der Waals surface area contributed by atoms with Gasteiger partial charge in [0.2, 0.25) is 0 Å². The molecule has 0 saturated heterocycles. The second kappa shape index (κ2) is 4.33. The average molecular weight is 245 g/mol. The van der Waals surface area contributed by atoms with Crippen LogP contribution in [0.15, 0.2) is 12.1 Å². The number of hydrogen-bond acceptors (Lipinski definition) is 3. The van der Waals surface area contributed by atoms with Gasteiger partial charge in [0.15, 0.2) is 0 Å². The molecular formula is C10H6F3NO3. The lowest BCUT2D eigenvalue weighted by molar-refractivity contribution is -0.274. The number of carboxylic acid groups (broad SMARTS) is 1. The van der Waals surface area contributed by atoms with E-state index in [1.165, 1.54) is 13.0 Å². The zero-order valence-corrected chi connectivity index (χ0v) is 8.50. The number of carbonyl (C=O) groups is 1. The highest BCUT2D eigenvalue weighted by Gasteiger charge is 2.33. The van der Waals surface area contributed by atoms with Gasteiger partial charge in [0.1, 0.15) is 11.8 Å². The summed E-state index contributed by atoms with van der Waals surface area (Å²) in [6.45, 7) is 1.23. The van der Waals surface area contributed by atoms with Gasteiger partial charge in [-0.1, -0.05) is 0 Å². The van der Waals surface area contributed by atoms with Crippen LogP contribution in [0.4, 0.5) is 13.2 Å². The van der Waals surface area contributed by atoms with Crippen LogP contribution in [0.5, 0.6) is 5.75 Å². The van der Waals surface area contributed by atoms with Crippen molar-refractivity contribution in [2.45, 2.75) is 13.3 Å². The summed E-state index contributed by atoms with van der Waals surface area (Å²) in [6.07, 6.45) is -4.93. The van der Waals surface area contributed by atoms with Gasteiger partial charge in [-0.15, -0.1) is 13.2 Å². The Balaban J connectivity index is 3.33. The van der Waals surface area contributed by atoms with Gasteiger partial charge < -0.3 is 9.84 Å². The Kier molecular flexibility index (Phi) is 3.27. The molecule has 1 N–H and O–H groups in total. The van der Waals surface area contributed by atoms with Crippen LogP contribution >= 0.6 is 0 Å². The smallest absolute Gasteiger partial charge is 0.478 e. The summed E-state index contributed by atoms with van der Waals surface area (Å²) >= 11 is 0. The molecule has 0 spiro atoms. The number of benzene rings is 1. The van der Waals surface area contributed by atoms with E-state index in [1.807, 2.05) is 0 Å². The van der Waals surface area contributed by atoms with Gasteiger partial charge in [-0.05, 0) is 24.6 Å². The number of alkyl halides is 3. The fraction of sp³-hybridized carbons (Fsp3) is 0.200. The van der Waals surface area contributed by atoms with Crippen molar-refractivity contribution in [1.29, 1.82) is 5.26 Å². The molecule has 0 aliphatic carbocycles. The zero-order valence-electron chi connectivity index (χ0n) is 8.50. The number of aromatic carboxylic acids is 1. The lowest BCUT2D eigenvalue weighted by atomic mass is 10.1. The summed E-state index contributed by atoms with van der Waals surface area (Å²) in [6, 6.07) is 3.30. The molecule has 17 heavy (non-hydrogen) atoms. The maximum absolute atomic E-state index is 12.0. The highest BCUT2D eigenvalue weighted by atomic mass is 19.4. The topological polar surface area (TPSA) is 70.3 Å². The van der Waals surface area contributed by atoms with E-state index in [4.69, 9.17) is 10.4 Å². The number of hydrogen-bond donors (Lipinski definition) is 1. The van der Waals surface area contributed by atoms with Crippen LogP contribution in [0.3, 0.4) is 0 Å². The lowest BCUT2D eigenvalue weighted by Crippen LogP contribution is -2.19. The standard InChI is InChI=1S/C10H6F3NO3/c1-5-2-6(9(15)16)3-7(4-14)8(5)17-10(11,12)13/h2-3H,1H3,(H,15,16). The van der Waals surface area contributed by atoms with Gasteiger partial charge in [0, 0.05) is 0 Å². The summed E-state index contributed by atoms with van der Waals surface area (Å²) in [5.74, 6) is -2.01. The Labute approximate surface area is 93.8 Å². The predicted octanol–water partition coefficient (Wildman–Crippen LogP) is 2.46. The third kappa shape index (κ3) is 3.11. The van der Waals surface area contributed by atoms with Crippen molar-refractivity contribution in [3.05, 3.63) is 28.8 Å². The van der Waals surface area contributed by atoms with Gasteiger partial charge in [0.25, 0.3) is 0 Å². The number of aryl methyl sites for hydroxylation is 1. The number of nitriles is 1. The van der Waals surface area contributed by atoms with Gasteiger partial charge in [-0.2, -0.15) is 5.26 Å². The van der Waals surface area contributed by atoms with Crippen molar-refractivity contribution in [3.63, 3.8) is 0 Å². The largest absolute Gasteiger partial charge is 0.573 e. The van der Waals surface area contributed by atoms with Gasteiger partial charge >= 0.3 is 12.3 Å². The molecule has 7 heteroatoms. The number of rotatable bonds is 2. The number of nitrogens with zero attached hydrogens (tertiary/aromatic N) is 1. The summed E-state index contributed by atoms with van der Waals surface area (Å²) in [5, 5.41) is 17.3. The van der Waals surface area contributed by atoms with Crippen molar-refractivity contribution < 1.29 is 27.8 Å². The van der Waals surface area contributed by atoms with E-state index in [0.717, 1.165) is 12.1 Å². The van der Waals surface area contributed by atoms with E-state index in [-0.39, 0.29) is 11.1 Å². The van der Waals surface area contributed by atoms with E-state index in [0.29, 0.717) is 0 Å². The Morgan fingerprint density at radius 1 is 1.47 bits per heavy atom. The van der Waals surface area contributed by atoms with Crippen LogP contribution in [0, 0.1) is 18.3 Å². The molecular weight excluding hydrogens is 239 g/mol. The predicted molar refractivity (Wildman–Crippen MR) is 49.5 cm³/mol. The van der Waals surface area contributed by atoms with Crippen LogP contribution in [0.1, 0.15) is 21.5 Å². The van der Waals surface area contributed by atoms with Crippen LogP contribution in [-0.2, 0) is 0 Å². The Hall–Kier alpha value is -2.23. The summed E-state index contributed by atoms with van der Waals surface area (Å²) in [7, 11) is 0. The first-order valence-corrected chi connectivity index (χ1v) is 4.28. The van der Waals surface area contributed by atoms with Crippen molar-refractivity contribution in [2.24, 2.45) is 0 Å². The van der Waals surface area contributed by atoms with Crippen molar-refractivity contribution in [3.8, 4) is 11.8 Å². The van der Waals surface area contributed by atoms with Crippen LogP contribution in [0.25, 0.3) is 0 Å². The summed E-state index contributed by atoms with van der Waals surface area (Å²) in [4.78, 5) is 10.6. The molecule has 0 heterocycles. The molecule has 0 unspecified atom stereocenters. The molecule has 0 radical (unpaired) electrons. The number of halogens is 3. The average Bonchev–Trinajstić information content (AvgIpc) is 2.18.